The van der Waals surface area contributed by atoms with Crippen LogP contribution in [0.25, 0.3) is 10.9 Å². The number of fused-ring (bicyclic) bond motifs is 2. The summed E-state index contributed by atoms with van der Waals surface area (Å²) in [5, 5.41) is 1.79. The number of carbonyl (C=O) groups excluding carboxylic acids is 1. The molecule has 0 saturated heterocycles. The predicted octanol–water partition coefficient (Wildman–Crippen LogP) is 3.15. The van der Waals surface area contributed by atoms with Gasteiger partial charge in [-0.2, -0.15) is 0 Å². The van der Waals surface area contributed by atoms with Crippen molar-refractivity contribution in [3.05, 3.63) is 54.4 Å². The number of hydrogen-bond acceptors (Lipinski definition) is 6. The lowest BCUT2D eigenvalue weighted by Gasteiger charge is -2.21. The van der Waals surface area contributed by atoms with Crippen LogP contribution in [0.2, 0.25) is 0 Å². The highest BCUT2D eigenvalue weighted by atomic mass is 32.2. The monoisotopic (exact) mass is 381 g/mol. The van der Waals surface area contributed by atoms with Gasteiger partial charge in [0, 0.05) is 19.0 Å². The van der Waals surface area contributed by atoms with Gasteiger partial charge in [0.25, 0.3) is 0 Å². The number of amides is 1. The van der Waals surface area contributed by atoms with Crippen molar-refractivity contribution in [1.29, 1.82) is 0 Å². The number of para-hydroxylation sites is 1. The van der Waals surface area contributed by atoms with Gasteiger partial charge in [0.2, 0.25) is 5.91 Å². The van der Waals surface area contributed by atoms with E-state index in [4.69, 9.17) is 9.47 Å². The number of carbonyl (C=O) groups is 1. The molecule has 1 aliphatic heterocycles. The molecule has 0 N–H and O–H groups in total. The second-order valence-electron chi connectivity index (χ2n) is 6.21. The molecule has 1 amide bonds. The highest BCUT2D eigenvalue weighted by Gasteiger charge is 2.15. The van der Waals surface area contributed by atoms with Crippen molar-refractivity contribution in [3.8, 4) is 11.5 Å². The Bertz CT molecular complexity index is 974. The summed E-state index contributed by atoms with van der Waals surface area (Å²) in [5.74, 6) is 1.85. The Kier molecular flexibility index (Phi) is 5.11. The molecule has 3 aromatic rings. The van der Waals surface area contributed by atoms with E-state index < -0.39 is 0 Å². The molecule has 2 heterocycles. The fourth-order valence-electron chi connectivity index (χ4n) is 2.88. The SMILES string of the molecule is CN(Cc1ccc2c(c1)OCCO2)C(=O)CSc1ncnc2ccccc12. The van der Waals surface area contributed by atoms with Gasteiger partial charge in [-0.3, -0.25) is 4.79 Å². The lowest BCUT2D eigenvalue weighted by Crippen LogP contribution is -2.28. The molecule has 4 rings (SSSR count). The molecule has 0 bridgehead atoms. The van der Waals surface area contributed by atoms with Crippen molar-refractivity contribution < 1.29 is 14.3 Å². The van der Waals surface area contributed by atoms with Crippen molar-refractivity contribution in [1.82, 2.24) is 14.9 Å². The van der Waals surface area contributed by atoms with E-state index in [1.807, 2.05) is 42.5 Å². The molecule has 138 valence electrons. The molecule has 1 aromatic heterocycles. The van der Waals surface area contributed by atoms with Gasteiger partial charge >= 0.3 is 0 Å². The Balaban J connectivity index is 1.39. The van der Waals surface area contributed by atoms with Crippen molar-refractivity contribution in [2.24, 2.45) is 0 Å². The molecule has 0 spiro atoms. The summed E-state index contributed by atoms with van der Waals surface area (Å²) in [4.78, 5) is 22.8. The number of thioether (sulfide) groups is 1. The van der Waals surface area contributed by atoms with Crippen LogP contribution < -0.4 is 9.47 Å². The first-order valence-electron chi connectivity index (χ1n) is 8.66. The van der Waals surface area contributed by atoms with Gasteiger partial charge in [-0.1, -0.05) is 36.0 Å². The number of ether oxygens (including phenoxy) is 2. The maximum absolute atomic E-state index is 12.6. The zero-order chi connectivity index (χ0) is 18.6. The van der Waals surface area contributed by atoms with Crippen LogP contribution >= 0.6 is 11.8 Å². The third-order valence-electron chi connectivity index (χ3n) is 4.29. The van der Waals surface area contributed by atoms with Crippen molar-refractivity contribution in [2.45, 2.75) is 11.6 Å². The molecule has 0 radical (unpaired) electrons. The largest absolute Gasteiger partial charge is 0.486 e. The second kappa shape index (κ2) is 7.84. The van der Waals surface area contributed by atoms with Gasteiger partial charge < -0.3 is 14.4 Å². The van der Waals surface area contributed by atoms with Gasteiger partial charge in [-0.05, 0) is 23.8 Å². The summed E-state index contributed by atoms with van der Waals surface area (Å²) < 4.78 is 11.1. The van der Waals surface area contributed by atoms with Gasteiger partial charge in [-0.15, -0.1) is 0 Å². The second-order valence-corrected chi connectivity index (χ2v) is 7.18. The van der Waals surface area contributed by atoms with Crippen LogP contribution in [0.3, 0.4) is 0 Å². The topological polar surface area (TPSA) is 64.6 Å². The molecular weight excluding hydrogens is 362 g/mol. The smallest absolute Gasteiger partial charge is 0.233 e. The summed E-state index contributed by atoms with van der Waals surface area (Å²) in [6.45, 7) is 1.63. The minimum Gasteiger partial charge on any atom is -0.486 e. The van der Waals surface area contributed by atoms with E-state index in [-0.39, 0.29) is 5.91 Å². The Morgan fingerprint density at radius 1 is 1.11 bits per heavy atom. The number of nitrogens with zero attached hydrogens (tertiary/aromatic N) is 3. The molecular formula is C20H19N3O3S. The quantitative estimate of drug-likeness (QED) is 0.500. The average molecular weight is 381 g/mol. The standard InChI is InChI=1S/C20H19N3O3S/c1-23(11-14-6-7-17-18(10-14)26-9-8-25-17)19(24)12-27-20-15-4-2-3-5-16(15)21-13-22-20/h2-7,10,13H,8-9,11-12H2,1H3. The van der Waals surface area contributed by atoms with E-state index in [1.165, 1.54) is 18.1 Å². The summed E-state index contributed by atoms with van der Waals surface area (Å²) in [5.41, 5.74) is 1.89. The lowest BCUT2D eigenvalue weighted by molar-refractivity contribution is -0.127. The minimum atomic E-state index is 0.0394. The molecule has 0 saturated carbocycles. The van der Waals surface area contributed by atoms with Crippen molar-refractivity contribution in [2.75, 3.05) is 26.0 Å². The predicted molar refractivity (Wildman–Crippen MR) is 104 cm³/mol. The Morgan fingerprint density at radius 2 is 1.93 bits per heavy atom. The van der Waals surface area contributed by atoms with E-state index in [2.05, 4.69) is 9.97 Å². The molecule has 1 aliphatic rings. The van der Waals surface area contributed by atoms with Crippen LogP contribution in [0.1, 0.15) is 5.56 Å². The molecule has 0 unspecified atom stereocenters. The lowest BCUT2D eigenvalue weighted by atomic mass is 10.2. The van der Waals surface area contributed by atoms with Gasteiger partial charge in [0.15, 0.2) is 11.5 Å². The molecule has 0 fully saturated rings. The first-order chi connectivity index (χ1) is 13.2. The Labute approximate surface area is 161 Å². The normalized spacial score (nSPS) is 12.8. The maximum atomic E-state index is 12.6. The first-order valence-corrected chi connectivity index (χ1v) is 9.64. The van der Waals surface area contributed by atoms with Crippen LogP contribution in [-0.4, -0.2) is 46.8 Å². The van der Waals surface area contributed by atoms with E-state index in [0.29, 0.717) is 25.5 Å². The highest BCUT2D eigenvalue weighted by Crippen LogP contribution is 2.31. The van der Waals surface area contributed by atoms with Crippen LogP contribution in [0.15, 0.2) is 53.8 Å². The summed E-state index contributed by atoms with van der Waals surface area (Å²) in [6.07, 6.45) is 1.54. The summed E-state index contributed by atoms with van der Waals surface area (Å²) in [6, 6.07) is 13.6. The Morgan fingerprint density at radius 3 is 2.81 bits per heavy atom. The third kappa shape index (κ3) is 3.98. The number of benzene rings is 2. The minimum absolute atomic E-state index is 0.0394. The molecule has 0 atom stereocenters. The van der Waals surface area contributed by atoms with Gasteiger partial charge in [0.05, 0.1) is 11.3 Å². The molecule has 2 aromatic carbocycles. The first kappa shape index (κ1) is 17.6. The van der Waals surface area contributed by atoms with Crippen molar-refractivity contribution >= 4 is 28.6 Å². The highest BCUT2D eigenvalue weighted by molar-refractivity contribution is 8.00. The van der Waals surface area contributed by atoms with Crippen molar-refractivity contribution in [3.63, 3.8) is 0 Å². The fourth-order valence-corrected chi connectivity index (χ4v) is 3.81. The fraction of sp³-hybridized carbons (Fsp3) is 0.250. The molecule has 27 heavy (non-hydrogen) atoms. The molecule has 7 heteroatoms. The van der Waals surface area contributed by atoms with Gasteiger partial charge in [0.1, 0.15) is 24.6 Å². The summed E-state index contributed by atoms with van der Waals surface area (Å²) >= 11 is 1.43. The van der Waals surface area contributed by atoms with Crippen LogP contribution in [0.4, 0.5) is 0 Å². The average Bonchev–Trinajstić information content (AvgIpc) is 2.71. The Hall–Kier alpha value is -2.80. The van der Waals surface area contributed by atoms with E-state index in [1.54, 1.807) is 11.9 Å². The van der Waals surface area contributed by atoms with Gasteiger partial charge in [-0.25, -0.2) is 9.97 Å². The summed E-state index contributed by atoms with van der Waals surface area (Å²) in [7, 11) is 1.80. The van der Waals surface area contributed by atoms with E-state index in [9.17, 15) is 4.79 Å². The van der Waals surface area contributed by atoms with Crippen LogP contribution in [0, 0.1) is 0 Å². The van der Waals surface area contributed by atoms with Crippen LogP contribution in [-0.2, 0) is 11.3 Å². The number of hydrogen-bond donors (Lipinski definition) is 0. The zero-order valence-corrected chi connectivity index (χ0v) is 15.7. The molecule has 6 nitrogen and oxygen atoms in total. The number of rotatable bonds is 5. The number of aromatic nitrogens is 2. The zero-order valence-electron chi connectivity index (χ0n) is 14.9. The third-order valence-corrected chi connectivity index (χ3v) is 5.28. The molecule has 0 aliphatic carbocycles. The van der Waals surface area contributed by atoms with E-state index >= 15 is 0 Å². The van der Waals surface area contributed by atoms with Crippen LogP contribution in [0.5, 0.6) is 11.5 Å². The maximum Gasteiger partial charge on any atom is 0.233 e. The van der Waals surface area contributed by atoms with E-state index in [0.717, 1.165) is 33.0 Å².